The van der Waals surface area contributed by atoms with E-state index in [2.05, 4.69) is 34.1 Å². The first kappa shape index (κ1) is 13.2. The molecular weight excluding hydrogens is 226 g/mol. The molecule has 2 rings (SSSR count). The predicted molar refractivity (Wildman–Crippen MR) is 72.8 cm³/mol. The van der Waals surface area contributed by atoms with Crippen molar-refractivity contribution in [2.45, 2.75) is 46.2 Å². The van der Waals surface area contributed by atoms with Crippen LogP contribution in [0.25, 0.3) is 0 Å². The molecule has 0 unspecified atom stereocenters. The summed E-state index contributed by atoms with van der Waals surface area (Å²) >= 11 is 0. The molecule has 0 atom stereocenters. The van der Waals surface area contributed by atoms with Gasteiger partial charge in [0.15, 0.2) is 0 Å². The van der Waals surface area contributed by atoms with Gasteiger partial charge in [-0.15, -0.1) is 0 Å². The van der Waals surface area contributed by atoms with Gasteiger partial charge in [-0.3, -0.25) is 4.90 Å². The average molecular weight is 249 g/mol. The van der Waals surface area contributed by atoms with Crippen LogP contribution in [0.1, 0.15) is 38.2 Å². The van der Waals surface area contributed by atoms with Gasteiger partial charge in [0.05, 0.1) is 6.54 Å². The summed E-state index contributed by atoms with van der Waals surface area (Å²) in [4.78, 5) is 11.4. The Morgan fingerprint density at radius 2 is 2.17 bits per heavy atom. The lowest BCUT2D eigenvalue weighted by Crippen LogP contribution is -2.30. The number of hydrogen-bond donors (Lipinski definition) is 2. The summed E-state index contributed by atoms with van der Waals surface area (Å²) < 4.78 is 0. The Morgan fingerprint density at radius 1 is 1.44 bits per heavy atom. The van der Waals surface area contributed by atoms with Crippen molar-refractivity contribution in [1.29, 1.82) is 0 Å². The van der Waals surface area contributed by atoms with Crippen LogP contribution in [0.15, 0.2) is 6.07 Å². The normalized spacial score (nSPS) is 15.4. The fourth-order valence-corrected chi connectivity index (χ4v) is 2.21. The number of nitrogen functional groups attached to an aromatic ring is 1. The van der Waals surface area contributed by atoms with Crippen LogP contribution >= 0.6 is 0 Å². The van der Waals surface area contributed by atoms with E-state index in [4.69, 9.17) is 5.84 Å². The van der Waals surface area contributed by atoms with Gasteiger partial charge in [0.1, 0.15) is 11.6 Å². The second kappa shape index (κ2) is 5.63. The number of rotatable bonds is 6. The van der Waals surface area contributed by atoms with E-state index in [0.717, 1.165) is 30.6 Å². The highest BCUT2D eigenvalue weighted by Crippen LogP contribution is 2.28. The van der Waals surface area contributed by atoms with Crippen molar-refractivity contribution in [1.82, 2.24) is 14.9 Å². The second-order valence-electron chi connectivity index (χ2n) is 5.51. The largest absolute Gasteiger partial charge is 0.308 e. The Bertz CT molecular complexity index is 400. The van der Waals surface area contributed by atoms with Crippen molar-refractivity contribution >= 4 is 5.82 Å². The molecule has 3 N–H and O–H groups in total. The molecule has 1 aromatic heterocycles. The van der Waals surface area contributed by atoms with E-state index >= 15 is 0 Å². The Morgan fingerprint density at radius 3 is 2.72 bits per heavy atom. The third-order valence-corrected chi connectivity index (χ3v) is 3.06. The maximum atomic E-state index is 5.42. The molecule has 100 valence electrons. The maximum Gasteiger partial charge on any atom is 0.145 e. The smallest absolute Gasteiger partial charge is 0.145 e. The minimum Gasteiger partial charge on any atom is -0.308 e. The van der Waals surface area contributed by atoms with Gasteiger partial charge >= 0.3 is 0 Å². The highest BCUT2D eigenvalue weighted by molar-refractivity contribution is 5.33. The maximum absolute atomic E-state index is 5.42. The monoisotopic (exact) mass is 249 g/mol. The van der Waals surface area contributed by atoms with Crippen LogP contribution in [0, 0.1) is 12.8 Å². The standard InChI is InChI=1S/C13H23N5/c1-9(2)7-18(11-4-5-11)8-13-15-10(3)6-12(16-13)17-14/h6,9,11H,4-5,7-8,14H2,1-3H3,(H,15,16,17). The number of aromatic nitrogens is 2. The van der Waals surface area contributed by atoms with Crippen molar-refractivity contribution in [2.75, 3.05) is 12.0 Å². The molecule has 0 radical (unpaired) electrons. The molecule has 1 heterocycles. The zero-order chi connectivity index (χ0) is 13.1. The highest BCUT2D eigenvalue weighted by Gasteiger charge is 2.29. The van der Waals surface area contributed by atoms with Crippen LogP contribution in [0.5, 0.6) is 0 Å². The van der Waals surface area contributed by atoms with Gasteiger partial charge in [0.2, 0.25) is 0 Å². The number of nitrogens with one attached hydrogen (secondary N) is 1. The SMILES string of the molecule is Cc1cc(NN)nc(CN(CC(C)C)C2CC2)n1. The number of hydrazine groups is 1. The molecule has 5 heteroatoms. The number of nitrogens with two attached hydrogens (primary N) is 1. The van der Waals surface area contributed by atoms with Crippen LogP contribution in [0.3, 0.4) is 0 Å². The molecule has 0 saturated heterocycles. The van der Waals surface area contributed by atoms with Gasteiger partial charge in [-0.05, 0) is 25.7 Å². The number of aryl methyl sites for hydroxylation is 1. The number of anilines is 1. The first-order chi connectivity index (χ1) is 8.58. The van der Waals surface area contributed by atoms with Gasteiger partial charge in [-0.1, -0.05) is 13.8 Å². The zero-order valence-electron chi connectivity index (χ0n) is 11.5. The molecule has 1 aromatic rings. The average Bonchev–Trinajstić information content (AvgIpc) is 3.10. The van der Waals surface area contributed by atoms with Crippen molar-refractivity contribution in [3.05, 3.63) is 17.6 Å². The molecule has 0 bridgehead atoms. The van der Waals surface area contributed by atoms with Gasteiger partial charge in [0, 0.05) is 24.3 Å². The molecule has 0 aliphatic heterocycles. The summed E-state index contributed by atoms with van der Waals surface area (Å²) in [5, 5.41) is 0. The Balaban J connectivity index is 2.07. The summed E-state index contributed by atoms with van der Waals surface area (Å²) in [6.07, 6.45) is 2.61. The number of nitrogens with zero attached hydrogens (tertiary/aromatic N) is 3. The van der Waals surface area contributed by atoms with Gasteiger partial charge < -0.3 is 5.43 Å². The Kier molecular flexibility index (Phi) is 4.14. The molecule has 1 fully saturated rings. The second-order valence-corrected chi connectivity index (χ2v) is 5.51. The van der Waals surface area contributed by atoms with E-state index < -0.39 is 0 Å². The fourth-order valence-electron chi connectivity index (χ4n) is 2.21. The van der Waals surface area contributed by atoms with E-state index in [0.29, 0.717) is 11.7 Å². The summed E-state index contributed by atoms with van der Waals surface area (Å²) in [5.41, 5.74) is 3.55. The first-order valence-electron chi connectivity index (χ1n) is 6.63. The third kappa shape index (κ3) is 3.65. The molecule has 1 aliphatic rings. The summed E-state index contributed by atoms with van der Waals surface area (Å²) in [7, 11) is 0. The first-order valence-corrected chi connectivity index (χ1v) is 6.63. The Labute approximate surface area is 109 Å². The molecule has 1 aliphatic carbocycles. The molecule has 0 amide bonds. The van der Waals surface area contributed by atoms with Crippen LogP contribution in [0.2, 0.25) is 0 Å². The van der Waals surface area contributed by atoms with E-state index in [9.17, 15) is 0 Å². The minimum absolute atomic E-state index is 0.669. The zero-order valence-corrected chi connectivity index (χ0v) is 11.5. The quantitative estimate of drug-likeness (QED) is 0.593. The van der Waals surface area contributed by atoms with Crippen LogP contribution in [0.4, 0.5) is 5.82 Å². The fraction of sp³-hybridized carbons (Fsp3) is 0.692. The van der Waals surface area contributed by atoms with E-state index in [1.165, 1.54) is 12.8 Å². The van der Waals surface area contributed by atoms with E-state index in [-0.39, 0.29) is 0 Å². The van der Waals surface area contributed by atoms with Crippen molar-refractivity contribution < 1.29 is 0 Å². The lowest BCUT2D eigenvalue weighted by molar-refractivity contribution is 0.220. The van der Waals surface area contributed by atoms with Gasteiger partial charge in [-0.25, -0.2) is 15.8 Å². The van der Waals surface area contributed by atoms with Crippen LogP contribution < -0.4 is 11.3 Å². The van der Waals surface area contributed by atoms with Crippen molar-refractivity contribution in [3.8, 4) is 0 Å². The highest BCUT2D eigenvalue weighted by atomic mass is 15.3. The topological polar surface area (TPSA) is 67.1 Å². The molecule has 1 saturated carbocycles. The Hall–Kier alpha value is -1.20. The summed E-state index contributed by atoms with van der Waals surface area (Å²) in [5.74, 6) is 7.64. The van der Waals surface area contributed by atoms with E-state index in [1.54, 1.807) is 0 Å². The minimum atomic E-state index is 0.669. The van der Waals surface area contributed by atoms with Gasteiger partial charge in [0.25, 0.3) is 0 Å². The van der Waals surface area contributed by atoms with Crippen LogP contribution in [-0.4, -0.2) is 27.5 Å². The van der Waals surface area contributed by atoms with Crippen molar-refractivity contribution in [2.24, 2.45) is 11.8 Å². The summed E-state index contributed by atoms with van der Waals surface area (Å²) in [6, 6.07) is 2.58. The lowest BCUT2D eigenvalue weighted by Gasteiger charge is -2.23. The van der Waals surface area contributed by atoms with E-state index in [1.807, 2.05) is 13.0 Å². The van der Waals surface area contributed by atoms with Crippen molar-refractivity contribution in [3.63, 3.8) is 0 Å². The predicted octanol–water partition coefficient (Wildman–Crippen LogP) is 1.69. The summed E-state index contributed by atoms with van der Waals surface area (Å²) in [6.45, 7) is 8.39. The molecule has 0 spiro atoms. The molecule has 5 nitrogen and oxygen atoms in total. The molecular formula is C13H23N5. The number of hydrogen-bond acceptors (Lipinski definition) is 5. The molecule has 0 aromatic carbocycles. The van der Waals surface area contributed by atoms with Crippen LogP contribution in [-0.2, 0) is 6.54 Å². The van der Waals surface area contributed by atoms with Gasteiger partial charge in [-0.2, -0.15) is 0 Å². The molecule has 18 heavy (non-hydrogen) atoms. The lowest BCUT2D eigenvalue weighted by atomic mass is 10.2. The third-order valence-electron chi connectivity index (χ3n) is 3.06.